The van der Waals surface area contributed by atoms with E-state index in [-0.39, 0.29) is 24.5 Å². The first-order valence-corrected chi connectivity index (χ1v) is 11.0. The van der Waals surface area contributed by atoms with Crippen molar-refractivity contribution in [3.05, 3.63) is 102 Å². The summed E-state index contributed by atoms with van der Waals surface area (Å²) in [6, 6.07) is 22.6. The molecule has 3 aromatic carbocycles. The first-order chi connectivity index (χ1) is 17.4. The van der Waals surface area contributed by atoms with Crippen LogP contribution in [0.1, 0.15) is 28.4 Å². The Labute approximate surface area is 207 Å². The number of carbonyl (C=O) groups is 4. The third-order valence-electron chi connectivity index (χ3n) is 4.76. The van der Waals surface area contributed by atoms with Gasteiger partial charge in [-0.2, -0.15) is 0 Å². The molecule has 0 heterocycles. The minimum absolute atomic E-state index is 0.00781. The lowest BCUT2D eigenvalue weighted by molar-refractivity contribution is -0.148. The Kier molecular flexibility index (Phi) is 9.58. The molecule has 1 N–H and O–H groups in total. The van der Waals surface area contributed by atoms with Crippen molar-refractivity contribution < 1.29 is 38.1 Å². The zero-order valence-electron chi connectivity index (χ0n) is 19.5. The van der Waals surface area contributed by atoms with Gasteiger partial charge in [0.2, 0.25) is 0 Å². The second-order valence-electron chi connectivity index (χ2n) is 7.54. The molecule has 0 aliphatic heterocycles. The van der Waals surface area contributed by atoms with Gasteiger partial charge in [-0.05, 0) is 23.3 Å². The molecule has 0 saturated heterocycles. The largest absolute Gasteiger partial charge is 0.459 e. The Morgan fingerprint density at radius 3 is 1.89 bits per heavy atom. The topological polar surface area (TPSA) is 117 Å². The monoisotopic (exact) mass is 491 g/mol. The number of alkyl carbamates (subject to hydrolysis) is 1. The van der Waals surface area contributed by atoms with Gasteiger partial charge < -0.3 is 24.3 Å². The third kappa shape index (κ3) is 8.28. The van der Waals surface area contributed by atoms with Crippen molar-refractivity contribution in [2.24, 2.45) is 0 Å². The molecular formula is C27H25NO8. The average molecular weight is 491 g/mol. The lowest BCUT2D eigenvalue weighted by atomic mass is 10.2. The number of ether oxygens (including phenoxy) is 4. The van der Waals surface area contributed by atoms with Crippen LogP contribution < -0.4 is 10.1 Å². The number of amides is 1. The van der Waals surface area contributed by atoms with Crippen molar-refractivity contribution in [3.63, 3.8) is 0 Å². The van der Waals surface area contributed by atoms with Gasteiger partial charge in [-0.1, -0.05) is 72.8 Å². The number of hydrogen-bond acceptors (Lipinski definition) is 8. The standard InChI is InChI=1S/C27H25NO8/c1-19(29)36-24-15-9-8-14-22(24)25(30)34-18-23(26(31)33-16-20-10-4-2-5-11-20)28-27(32)35-17-21-12-6-3-7-13-21/h2-15,23H,16-18H2,1H3,(H,28,32)/t23-/m0/s1. The Hall–Kier alpha value is -4.66. The van der Waals surface area contributed by atoms with Crippen LogP contribution in [0.4, 0.5) is 4.79 Å². The minimum atomic E-state index is -1.35. The summed E-state index contributed by atoms with van der Waals surface area (Å²) in [6.07, 6.45) is -0.892. The van der Waals surface area contributed by atoms with Crippen molar-refractivity contribution >= 4 is 24.0 Å². The summed E-state index contributed by atoms with van der Waals surface area (Å²) in [4.78, 5) is 49.1. The molecule has 0 saturated carbocycles. The molecule has 0 bridgehead atoms. The van der Waals surface area contributed by atoms with Crippen LogP contribution in [0.25, 0.3) is 0 Å². The highest BCUT2D eigenvalue weighted by atomic mass is 16.6. The van der Waals surface area contributed by atoms with Crippen LogP contribution >= 0.6 is 0 Å². The smallest absolute Gasteiger partial charge is 0.408 e. The van der Waals surface area contributed by atoms with E-state index in [0.717, 1.165) is 11.1 Å². The van der Waals surface area contributed by atoms with Crippen molar-refractivity contribution in [1.29, 1.82) is 0 Å². The van der Waals surface area contributed by atoms with Gasteiger partial charge in [0.15, 0.2) is 6.04 Å². The quantitative estimate of drug-likeness (QED) is 0.259. The maximum absolute atomic E-state index is 12.7. The highest BCUT2D eigenvalue weighted by Crippen LogP contribution is 2.19. The van der Waals surface area contributed by atoms with E-state index >= 15 is 0 Å². The van der Waals surface area contributed by atoms with Crippen LogP contribution in [-0.4, -0.2) is 36.6 Å². The molecule has 0 aromatic heterocycles. The highest BCUT2D eigenvalue weighted by molar-refractivity contribution is 5.93. The summed E-state index contributed by atoms with van der Waals surface area (Å²) in [6.45, 7) is 0.599. The summed E-state index contributed by atoms with van der Waals surface area (Å²) in [5.41, 5.74) is 1.48. The maximum Gasteiger partial charge on any atom is 0.408 e. The molecule has 0 aliphatic carbocycles. The number of carbonyl (C=O) groups excluding carboxylic acids is 4. The molecule has 0 spiro atoms. The lowest BCUT2D eigenvalue weighted by Crippen LogP contribution is -2.45. The van der Waals surface area contributed by atoms with Crippen LogP contribution in [0.2, 0.25) is 0 Å². The van der Waals surface area contributed by atoms with Crippen LogP contribution in [0.3, 0.4) is 0 Å². The van der Waals surface area contributed by atoms with Crippen LogP contribution in [-0.2, 0) is 37.0 Å². The molecule has 0 fully saturated rings. The molecule has 36 heavy (non-hydrogen) atoms. The second kappa shape index (κ2) is 13.3. The highest BCUT2D eigenvalue weighted by Gasteiger charge is 2.26. The molecule has 3 aromatic rings. The van der Waals surface area contributed by atoms with Gasteiger partial charge in [0.25, 0.3) is 0 Å². The van der Waals surface area contributed by atoms with Gasteiger partial charge in [0, 0.05) is 6.92 Å². The third-order valence-corrected chi connectivity index (χ3v) is 4.76. The van der Waals surface area contributed by atoms with Gasteiger partial charge in [-0.3, -0.25) is 4.79 Å². The van der Waals surface area contributed by atoms with E-state index in [0.29, 0.717) is 0 Å². The summed E-state index contributed by atoms with van der Waals surface area (Å²) < 4.78 is 20.7. The van der Waals surface area contributed by atoms with Crippen LogP contribution in [0, 0.1) is 0 Å². The molecule has 186 valence electrons. The van der Waals surface area contributed by atoms with Gasteiger partial charge in [-0.15, -0.1) is 0 Å². The second-order valence-corrected chi connectivity index (χ2v) is 7.54. The summed E-state index contributed by atoms with van der Waals surface area (Å²) in [7, 11) is 0. The fourth-order valence-corrected chi connectivity index (χ4v) is 3.02. The minimum Gasteiger partial charge on any atom is -0.459 e. The summed E-state index contributed by atoms with van der Waals surface area (Å²) in [5, 5.41) is 2.38. The number of hydrogen-bond donors (Lipinski definition) is 1. The van der Waals surface area contributed by atoms with E-state index in [4.69, 9.17) is 18.9 Å². The Morgan fingerprint density at radius 1 is 0.722 bits per heavy atom. The first-order valence-electron chi connectivity index (χ1n) is 11.0. The molecule has 0 unspecified atom stereocenters. The van der Waals surface area contributed by atoms with Crippen LogP contribution in [0.15, 0.2) is 84.9 Å². The number of nitrogens with one attached hydrogen (secondary N) is 1. The zero-order chi connectivity index (χ0) is 25.8. The molecule has 0 radical (unpaired) electrons. The Balaban J connectivity index is 1.65. The molecular weight excluding hydrogens is 466 g/mol. The molecule has 9 nitrogen and oxygen atoms in total. The maximum atomic E-state index is 12.7. The van der Waals surface area contributed by atoms with E-state index in [2.05, 4.69) is 5.32 Å². The number of benzene rings is 3. The van der Waals surface area contributed by atoms with Gasteiger partial charge in [0.1, 0.15) is 31.1 Å². The van der Waals surface area contributed by atoms with Crippen molar-refractivity contribution in [2.45, 2.75) is 26.2 Å². The van der Waals surface area contributed by atoms with Crippen LogP contribution in [0.5, 0.6) is 5.75 Å². The van der Waals surface area contributed by atoms with Gasteiger partial charge in [0.05, 0.1) is 0 Å². The first kappa shape index (κ1) is 26.0. The van der Waals surface area contributed by atoms with E-state index in [1.54, 1.807) is 60.7 Å². The van der Waals surface area contributed by atoms with E-state index in [1.807, 2.05) is 12.1 Å². The number of rotatable bonds is 10. The Morgan fingerprint density at radius 2 is 1.28 bits per heavy atom. The van der Waals surface area contributed by atoms with E-state index < -0.39 is 36.6 Å². The van der Waals surface area contributed by atoms with Crippen molar-refractivity contribution in [3.8, 4) is 5.75 Å². The zero-order valence-corrected chi connectivity index (χ0v) is 19.5. The van der Waals surface area contributed by atoms with Crippen molar-refractivity contribution in [2.75, 3.05) is 6.61 Å². The fourth-order valence-electron chi connectivity index (χ4n) is 3.02. The number of esters is 3. The SMILES string of the molecule is CC(=O)Oc1ccccc1C(=O)OC[C@H](NC(=O)OCc1ccccc1)C(=O)OCc1ccccc1. The molecule has 1 amide bonds. The molecule has 1 atom stereocenters. The molecule has 0 aliphatic rings. The molecule has 3 rings (SSSR count). The predicted octanol–water partition coefficient (Wildman–Crippen LogP) is 3.81. The van der Waals surface area contributed by atoms with Gasteiger partial charge in [-0.25, -0.2) is 14.4 Å². The fraction of sp³-hybridized carbons (Fsp3) is 0.185. The van der Waals surface area contributed by atoms with Crippen molar-refractivity contribution in [1.82, 2.24) is 5.32 Å². The predicted molar refractivity (Wildman–Crippen MR) is 128 cm³/mol. The lowest BCUT2D eigenvalue weighted by Gasteiger charge is -2.18. The van der Waals surface area contributed by atoms with Gasteiger partial charge >= 0.3 is 24.0 Å². The van der Waals surface area contributed by atoms with E-state index in [1.165, 1.54) is 19.1 Å². The average Bonchev–Trinajstić information content (AvgIpc) is 2.89. The summed E-state index contributed by atoms with van der Waals surface area (Å²) in [5.74, 6) is -2.28. The number of para-hydroxylation sites is 1. The normalized spacial score (nSPS) is 11.0. The molecule has 9 heteroatoms. The van der Waals surface area contributed by atoms with E-state index in [9.17, 15) is 19.2 Å². The Bertz CT molecular complexity index is 1180. The summed E-state index contributed by atoms with van der Waals surface area (Å²) >= 11 is 0.